The molecule has 1 aromatic carbocycles. The molecule has 2 aromatic rings. The highest BCUT2D eigenvalue weighted by Crippen LogP contribution is 2.36. The minimum absolute atomic E-state index is 0.0876. The number of carbonyl (C=O) groups excluding carboxylic acids is 1. The van der Waals surface area contributed by atoms with Gasteiger partial charge in [0.25, 0.3) is 0 Å². The Morgan fingerprint density at radius 1 is 1.09 bits per heavy atom. The summed E-state index contributed by atoms with van der Waals surface area (Å²) in [5.41, 5.74) is 0.600. The fourth-order valence-electron chi connectivity index (χ4n) is 4.80. The van der Waals surface area contributed by atoms with Crippen molar-refractivity contribution in [2.45, 2.75) is 57.8 Å². The average molecular weight is 449 g/mol. The fraction of sp³-hybridized carbons (Fsp3) is 0.522. The quantitative estimate of drug-likeness (QED) is 0.745. The number of amides is 1. The molecule has 1 fully saturated rings. The Labute approximate surface area is 184 Å². The van der Waals surface area contributed by atoms with Gasteiger partial charge in [-0.05, 0) is 43.6 Å². The first-order valence-electron chi connectivity index (χ1n) is 10.9. The van der Waals surface area contributed by atoms with Gasteiger partial charge in [-0.3, -0.25) is 14.3 Å². The van der Waals surface area contributed by atoms with Crippen molar-refractivity contribution in [3.8, 4) is 0 Å². The number of rotatable bonds is 5. The molecule has 6 nitrogen and oxygen atoms in total. The van der Waals surface area contributed by atoms with Crippen LogP contribution in [0.25, 0.3) is 0 Å². The Bertz CT molecular complexity index is 980. The number of aromatic nitrogens is 2. The van der Waals surface area contributed by atoms with Crippen molar-refractivity contribution in [1.29, 1.82) is 0 Å². The largest absolute Gasteiger partial charge is 0.481 e. The second-order valence-corrected chi connectivity index (χ2v) is 8.74. The van der Waals surface area contributed by atoms with Crippen molar-refractivity contribution in [3.05, 3.63) is 52.8 Å². The molecule has 2 aliphatic rings. The average Bonchev–Trinajstić information content (AvgIpc) is 3.13. The first kappa shape index (κ1) is 22.4. The molecule has 32 heavy (non-hydrogen) atoms. The van der Waals surface area contributed by atoms with E-state index >= 15 is 0 Å². The number of hydrogen-bond acceptors (Lipinski definition) is 3. The molecular formula is C23H26F3N3O3. The lowest BCUT2D eigenvalue weighted by Gasteiger charge is -2.31. The van der Waals surface area contributed by atoms with E-state index in [0.717, 1.165) is 5.56 Å². The number of carboxylic acids is 1. The van der Waals surface area contributed by atoms with Crippen molar-refractivity contribution in [1.82, 2.24) is 14.7 Å². The van der Waals surface area contributed by atoms with E-state index in [-0.39, 0.29) is 49.4 Å². The van der Waals surface area contributed by atoms with Gasteiger partial charge in [0.1, 0.15) is 0 Å². The molecule has 172 valence electrons. The lowest BCUT2D eigenvalue weighted by atomic mass is 9.80. The molecule has 1 aliphatic heterocycles. The standard InChI is InChI=1S/C23H26F3N3O3/c24-23(25,26)21-18-10-11-28(20(30)12-15-6-8-17(9-7-15)22(31)32)14-19(18)29(27-21)13-16-4-2-1-3-5-16/h1-5,15,17H,6-14H2,(H,31,32). The zero-order chi connectivity index (χ0) is 22.9. The van der Waals surface area contributed by atoms with Crippen LogP contribution in [0.4, 0.5) is 13.2 Å². The van der Waals surface area contributed by atoms with Gasteiger partial charge in [-0.25, -0.2) is 0 Å². The molecule has 1 aliphatic carbocycles. The van der Waals surface area contributed by atoms with Gasteiger partial charge in [-0.15, -0.1) is 0 Å². The maximum Gasteiger partial charge on any atom is 0.435 e. The molecule has 1 N–H and O–H groups in total. The van der Waals surface area contributed by atoms with E-state index in [2.05, 4.69) is 5.10 Å². The van der Waals surface area contributed by atoms with Crippen LogP contribution in [0.5, 0.6) is 0 Å². The number of alkyl halides is 3. The number of hydrogen-bond donors (Lipinski definition) is 1. The Morgan fingerprint density at radius 2 is 1.78 bits per heavy atom. The lowest BCUT2D eigenvalue weighted by molar-refractivity contribution is -0.143. The van der Waals surface area contributed by atoms with Crippen LogP contribution in [0.2, 0.25) is 0 Å². The van der Waals surface area contributed by atoms with E-state index in [0.29, 0.717) is 37.8 Å². The number of carbonyl (C=O) groups is 2. The summed E-state index contributed by atoms with van der Waals surface area (Å²) >= 11 is 0. The molecule has 1 amide bonds. The van der Waals surface area contributed by atoms with Crippen LogP contribution < -0.4 is 0 Å². The predicted molar refractivity (Wildman–Crippen MR) is 110 cm³/mol. The number of halogens is 3. The number of aliphatic carboxylic acids is 1. The Morgan fingerprint density at radius 3 is 2.41 bits per heavy atom. The molecule has 1 saturated carbocycles. The van der Waals surface area contributed by atoms with Gasteiger partial charge in [0.15, 0.2) is 5.69 Å². The van der Waals surface area contributed by atoms with Crippen LogP contribution in [0.1, 0.15) is 54.6 Å². The van der Waals surface area contributed by atoms with Crippen molar-refractivity contribution < 1.29 is 27.9 Å². The second kappa shape index (κ2) is 8.96. The van der Waals surface area contributed by atoms with E-state index in [1.165, 1.54) is 4.68 Å². The van der Waals surface area contributed by atoms with Crippen LogP contribution in [0.3, 0.4) is 0 Å². The van der Waals surface area contributed by atoms with Crippen LogP contribution in [0, 0.1) is 11.8 Å². The van der Waals surface area contributed by atoms with E-state index in [9.17, 15) is 22.8 Å². The fourth-order valence-corrected chi connectivity index (χ4v) is 4.80. The molecule has 0 bridgehead atoms. The zero-order valence-electron chi connectivity index (χ0n) is 17.6. The van der Waals surface area contributed by atoms with E-state index in [1.54, 1.807) is 4.90 Å². The molecule has 4 rings (SSSR count). The van der Waals surface area contributed by atoms with Crippen LogP contribution >= 0.6 is 0 Å². The molecule has 1 aromatic heterocycles. The van der Waals surface area contributed by atoms with Crippen LogP contribution in [0.15, 0.2) is 30.3 Å². The van der Waals surface area contributed by atoms with Gasteiger partial charge in [0, 0.05) is 18.5 Å². The van der Waals surface area contributed by atoms with Gasteiger partial charge in [0.05, 0.1) is 24.7 Å². The molecule has 9 heteroatoms. The highest BCUT2D eigenvalue weighted by molar-refractivity contribution is 5.77. The van der Waals surface area contributed by atoms with E-state index in [4.69, 9.17) is 5.11 Å². The molecule has 0 spiro atoms. The number of benzene rings is 1. The summed E-state index contributed by atoms with van der Waals surface area (Å²) < 4.78 is 42.1. The normalized spacial score (nSPS) is 21.3. The van der Waals surface area contributed by atoms with Crippen molar-refractivity contribution >= 4 is 11.9 Å². The molecule has 2 heterocycles. The minimum atomic E-state index is -4.54. The van der Waals surface area contributed by atoms with Crippen molar-refractivity contribution in [3.63, 3.8) is 0 Å². The van der Waals surface area contributed by atoms with Gasteiger partial charge < -0.3 is 10.0 Å². The number of nitrogens with zero attached hydrogens (tertiary/aromatic N) is 3. The minimum Gasteiger partial charge on any atom is -0.481 e. The summed E-state index contributed by atoms with van der Waals surface area (Å²) in [4.78, 5) is 25.7. The third kappa shape index (κ3) is 4.81. The second-order valence-electron chi connectivity index (χ2n) is 8.74. The van der Waals surface area contributed by atoms with Gasteiger partial charge in [-0.2, -0.15) is 18.3 Å². The Hall–Kier alpha value is -2.84. The van der Waals surface area contributed by atoms with Crippen LogP contribution in [-0.2, 0) is 35.3 Å². The summed E-state index contributed by atoms with van der Waals surface area (Å²) in [5, 5.41) is 13.0. The Balaban J connectivity index is 1.49. The van der Waals surface area contributed by atoms with Gasteiger partial charge >= 0.3 is 12.1 Å². The monoisotopic (exact) mass is 449 g/mol. The highest BCUT2D eigenvalue weighted by Gasteiger charge is 2.41. The topological polar surface area (TPSA) is 75.4 Å². The SMILES string of the molecule is O=C(O)C1CCC(CC(=O)N2CCc3c(C(F)(F)F)nn(Cc4ccccc4)c3C2)CC1. The third-order valence-corrected chi connectivity index (χ3v) is 6.59. The van der Waals surface area contributed by atoms with Crippen molar-refractivity contribution in [2.75, 3.05) is 6.54 Å². The first-order chi connectivity index (χ1) is 15.2. The smallest absolute Gasteiger partial charge is 0.435 e. The molecular weight excluding hydrogens is 423 g/mol. The summed E-state index contributed by atoms with van der Waals surface area (Å²) in [6.07, 6.45) is -1.61. The molecule has 0 radical (unpaired) electrons. The maximum absolute atomic E-state index is 13.6. The third-order valence-electron chi connectivity index (χ3n) is 6.59. The molecule has 0 unspecified atom stereocenters. The summed E-state index contributed by atoms with van der Waals surface area (Å²) in [6, 6.07) is 9.16. The lowest BCUT2D eigenvalue weighted by Crippen LogP contribution is -2.38. The van der Waals surface area contributed by atoms with Gasteiger partial charge in [-0.1, -0.05) is 30.3 Å². The van der Waals surface area contributed by atoms with Gasteiger partial charge in [0.2, 0.25) is 5.91 Å². The Kier molecular flexibility index (Phi) is 6.26. The molecule has 0 saturated heterocycles. The summed E-state index contributed by atoms with van der Waals surface area (Å²) in [7, 11) is 0. The summed E-state index contributed by atoms with van der Waals surface area (Å²) in [6.45, 7) is 0.547. The summed E-state index contributed by atoms with van der Waals surface area (Å²) in [5.74, 6) is -1.09. The van der Waals surface area contributed by atoms with Crippen LogP contribution in [-0.4, -0.2) is 38.2 Å². The van der Waals surface area contributed by atoms with E-state index < -0.39 is 17.8 Å². The highest BCUT2D eigenvalue weighted by atomic mass is 19.4. The first-order valence-corrected chi connectivity index (χ1v) is 10.9. The zero-order valence-corrected chi connectivity index (χ0v) is 17.6. The van der Waals surface area contributed by atoms with Crippen molar-refractivity contribution in [2.24, 2.45) is 11.8 Å². The predicted octanol–water partition coefficient (Wildman–Crippen LogP) is 4.12. The number of fused-ring (bicyclic) bond motifs is 1. The maximum atomic E-state index is 13.6. The number of carboxylic acid groups (broad SMARTS) is 1. The molecule has 0 atom stereocenters. The van der Waals surface area contributed by atoms with E-state index in [1.807, 2.05) is 30.3 Å².